The number of amides is 1. The van der Waals surface area contributed by atoms with Gasteiger partial charge in [-0.05, 0) is 17.7 Å². The number of fused-ring (bicyclic) bond motifs is 3. The van der Waals surface area contributed by atoms with Crippen LogP contribution in [0, 0.1) is 0 Å². The van der Waals surface area contributed by atoms with Crippen LogP contribution in [0.15, 0.2) is 36.8 Å². The normalized spacial score (nSPS) is 17.4. The Morgan fingerprint density at radius 1 is 1.30 bits per heavy atom. The van der Waals surface area contributed by atoms with Crippen molar-refractivity contribution in [3.05, 3.63) is 53.7 Å². The Morgan fingerprint density at radius 2 is 2.13 bits per heavy atom. The number of carbonyl (C=O) groups excluding carboxylic acids is 1. The van der Waals surface area contributed by atoms with Gasteiger partial charge in [-0.2, -0.15) is 0 Å². The second-order valence-corrected chi connectivity index (χ2v) is 5.41. The molecule has 0 bridgehead atoms. The van der Waals surface area contributed by atoms with Crippen LogP contribution in [-0.2, 0) is 11.3 Å². The summed E-state index contributed by atoms with van der Waals surface area (Å²) in [5, 5.41) is 2.90. The first-order valence-electron chi connectivity index (χ1n) is 7.35. The predicted molar refractivity (Wildman–Crippen MR) is 82.1 cm³/mol. The van der Waals surface area contributed by atoms with E-state index >= 15 is 0 Å². The third-order valence-corrected chi connectivity index (χ3v) is 4.05. The monoisotopic (exact) mass is 309 g/mol. The van der Waals surface area contributed by atoms with Crippen LogP contribution in [0.25, 0.3) is 5.65 Å². The van der Waals surface area contributed by atoms with E-state index in [-0.39, 0.29) is 11.8 Å². The fourth-order valence-corrected chi connectivity index (χ4v) is 2.99. The molecule has 3 aromatic rings. The summed E-state index contributed by atoms with van der Waals surface area (Å²) in [7, 11) is 1.52. The van der Waals surface area contributed by atoms with E-state index in [4.69, 9.17) is 4.74 Å². The zero-order valence-electron chi connectivity index (χ0n) is 12.6. The molecule has 1 aliphatic rings. The molecule has 7 heteroatoms. The topological polar surface area (TPSA) is 81.4 Å². The fraction of sp³-hybridized carbons (Fsp3) is 0.250. The molecule has 0 spiro atoms. The third kappa shape index (κ3) is 2.30. The maximum atomic E-state index is 12.1. The van der Waals surface area contributed by atoms with Crippen LogP contribution < -0.4 is 10.1 Å². The molecule has 0 aliphatic carbocycles. The van der Waals surface area contributed by atoms with Gasteiger partial charge < -0.3 is 14.5 Å². The number of carbonyl (C=O) groups is 1. The van der Waals surface area contributed by atoms with Crippen LogP contribution in [0.2, 0.25) is 0 Å². The van der Waals surface area contributed by atoms with Crippen LogP contribution >= 0.6 is 0 Å². The largest absolute Gasteiger partial charge is 0.467 e. The van der Waals surface area contributed by atoms with Gasteiger partial charge in [0, 0.05) is 30.9 Å². The molecule has 0 saturated carbocycles. The van der Waals surface area contributed by atoms with Gasteiger partial charge in [-0.1, -0.05) is 6.07 Å². The van der Waals surface area contributed by atoms with E-state index in [1.165, 1.54) is 7.11 Å². The van der Waals surface area contributed by atoms with Crippen LogP contribution in [0.4, 0.5) is 0 Å². The van der Waals surface area contributed by atoms with Gasteiger partial charge in [-0.3, -0.25) is 4.79 Å². The van der Waals surface area contributed by atoms with E-state index in [0.29, 0.717) is 19.0 Å². The minimum absolute atomic E-state index is 0.00602. The lowest BCUT2D eigenvalue weighted by molar-refractivity contribution is -0.121. The number of hydrogen-bond acceptors (Lipinski definition) is 5. The van der Waals surface area contributed by atoms with Gasteiger partial charge in [-0.25, -0.2) is 15.0 Å². The molecule has 0 aromatic carbocycles. The van der Waals surface area contributed by atoms with Crippen molar-refractivity contribution in [1.82, 2.24) is 24.7 Å². The SMILES string of the molecule is COc1ncc([C@@H]2CC(=O)NCc3nc4ccccn4c32)cn1. The van der Waals surface area contributed by atoms with E-state index in [1.807, 2.05) is 28.8 Å². The molecule has 1 N–H and O–H groups in total. The summed E-state index contributed by atoms with van der Waals surface area (Å²) < 4.78 is 7.04. The van der Waals surface area contributed by atoms with Crippen molar-refractivity contribution in [2.24, 2.45) is 0 Å². The first-order chi connectivity index (χ1) is 11.3. The molecular weight excluding hydrogens is 294 g/mol. The van der Waals surface area contributed by atoms with Crippen LogP contribution in [0.1, 0.15) is 29.3 Å². The molecule has 1 amide bonds. The van der Waals surface area contributed by atoms with Gasteiger partial charge in [0.25, 0.3) is 0 Å². The van der Waals surface area contributed by atoms with E-state index in [0.717, 1.165) is 22.6 Å². The maximum absolute atomic E-state index is 12.1. The molecule has 4 rings (SSSR count). The van der Waals surface area contributed by atoms with Gasteiger partial charge >= 0.3 is 6.01 Å². The third-order valence-electron chi connectivity index (χ3n) is 4.05. The Bertz CT molecular complexity index is 872. The fourth-order valence-electron chi connectivity index (χ4n) is 2.99. The number of hydrogen-bond donors (Lipinski definition) is 1. The Balaban J connectivity index is 1.89. The molecule has 0 unspecified atom stereocenters. The summed E-state index contributed by atoms with van der Waals surface area (Å²) in [6.07, 6.45) is 5.72. The Kier molecular flexibility index (Phi) is 3.18. The Hall–Kier alpha value is -2.96. The van der Waals surface area contributed by atoms with Crippen molar-refractivity contribution in [1.29, 1.82) is 0 Å². The molecule has 1 aliphatic heterocycles. The van der Waals surface area contributed by atoms with Gasteiger partial charge in [0.15, 0.2) is 0 Å². The summed E-state index contributed by atoms with van der Waals surface area (Å²) in [5.74, 6) is -0.149. The minimum atomic E-state index is -0.143. The molecule has 23 heavy (non-hydrogen) atoms. The average molecular weight is 309 g/mol. The smallest absolute Gasteiger partial charge is 0.316 e. The quantitative estimate of drug-likeness (QED) is 0.771. The summed E-state index contributed by atoms with van der Waals surface area (Å²) in [5.41, 5.74) is 3.62. The van der Waals surface area contributed by atoms with E-state index < -0.39 is 0 Å². The highest BCUT2D eigenvalue weighted by atomic mass is 16.5. The number of rotatable bonds is 2. The standard InChI is InChI=1S/C16H15N5O2/c1-23-16-18-7-10(8-19-16)11-6-14(22)17-9-12-15(11)21-5-3-2-4-13(21)20-12/h2-5,7-8,11H,6,9H2,1H3,(H,17,22)/t11-/m0/s1. The Labute approximate surface area is 132 Å². The zero-order valence-corrected chi connectivity index (χ0v) is 12.6. The van der Waals surface area contributed by atoms with Crippen LogP contribution in [-0.4, -0.2) is 32.4 Å². The molecule has 3 aromatic heterocycles. The Morgan fingerprint density at radius 3 is 2.91 bits per heavy atom. The molecule has 0 fully saturated rings. The number of pyridine rings is 1. The van der Waals surface area contributed by atoms with Crippen molar-refractivity contribution in [2.45, 2.75) is 18.9 Å². The molecule has 116 valence electrons. The minimum Gasteiger partial charge on any atom is -0.467 e. The van der Waals surface area contributed by atoms with E-state index in [9.17, 15) is 4.79 Å². The number of nitrogens with one attached hydrogen (secondary N) is 1. The second-order valence-electron chi connectivity index (χ2n) is 5.41. The van der Waals surface area contributed by atoms with Crippen molar-refractivity contribution in [3.63, 3.8) is 0 Å². The van der Waals surface area contributed by atoms with E-state index in [2.05, 4.69) is 20.3 Å². The van der Waals surface area contributed by atoms with E-state index in [1.54, 1.807) is 12.4 Å². The number of imidazole rings is 1. The highest BCUT2D eigenvalue weighted by Crippen LogP contribution is 2.32. The molecule has 0 radical (unpaired) electrons. The molecule has 4 heterocycles. The lowest BCUT2D eigenvalue weighted by Crippen LogP contribution is -2.21. The van der Waals surface area contributed by atoms with Crippen molar-refractivity contribution in [3.8, 4) is 6.01 Å². The summed E-state index contributed by atoms with van der Waals surface area (Å²) >= 11 is 0. The van der Waals surface area contributed by atoms with Crippen molar-refractivity contribution in [2.75, 3.05) is 7.11 Å². The number of aromatic nitrogens is 4. The average Bonchev–Trinajstić information content (AvgIpc) is 2.88. The summed E-state index contributed by atoms with van der Waals surface area (Å²) in [4.78, 5) is 25.1. The lowest BCUT2D eigenvalue weighted by Gasteiger charge is -2.15. The molecular formula is C16H15N5O2. The van der Waals surface area contributed by atoms with Crippen LogP contribution in [0.5, 0.6) is 6.01 Å². The molecule has 7 nitrogen and oxygen atoms in total. The summed E-state index contributed by atoms with van der Waals surface area (Å²) in [6, 6.07) is 6.17. The zero-order chi connectivity index (χ0) is 15.8. The number of ether oxygens (including phenoxy) is 1. The van der Waals surface area contributed by atoms with Crippen molar-refractivity contribution >= 4 is 11.6 Å². The molecule has 0 saturated heterocycles. The lowest BCUT2D eigenvalue weighted by atomic mass is 9.94. The van der Waals surface area contributed by atoms with Gasteiger partial charge in [0.1, 0.15) is 5.65 Å². The number of methoxy groups -OCH3 is 1. The highest BCUT2D eigenvalue weighted by Gasteiger charge is 2.29. The maximum Gasteiger partial charge on any atom is 0.316 e. The summed E-state index contributed by atoms with van der Waals surface area (Å²) in [6.45, 7) is 0.434. The van der Waals surface area contributed by atoms with Crippen molar-refractivity contribution < 1.29 is 9.53 Å². The first kappa shape index (κ1) is 13.7. The van der Waals surface area contributed by atoms with Gasteiger partial charge in [-0.15, -0.1) is 0 Å². The highest BCUT2D eigenvalue weighted by molar-refractivity contribution is 5.78. The number of nitrogens with zero attached hydrogens (tertiary/aromatic N) is 4. The predicted octanol–water partition coefficient (Wildman–Crippen LogP) is 1.28. The van der Waals surface area contributed by atoms with Crippen LogP contribution in [0.3, 0.4) is 0 Å². The van der Waals surface area contributed by atoms with Gasteiger partial charge in [0.2, 0.25) is 5.91 Å². The van der Waals surface area contributed by atoms with Gasteiger partial charge in [0.05, 0.1) is 25.0 Å². The second kappa shape index (κ2) is 5.35. The first-order valence-corrected chi connectivity index (χ1v) is 7.35. The molecule has 1 atom stereocenters.